The minimum atomic E-state index is -2.61. The number of aromatic nitrogens is 3. The Morgan fingerprint density at radius 3 is 1.98 bits per heavy atom. The molecule has 61 heavy (non-hydrogen) atoms. The van der Waals surface area contributed by atoms with Crippen LogP contribution in [0.5, 0.6) is 5.75 Å². The molecule has 2 aromatic heterocycles. The van der Waals surface area contributed by atoms with Gasteiger partial charge in [-0.1, -0.05) is 152 Å². The van der Waals surface area contributed by atoms with Crippen LogP contribution >= 0.6 is 0 Å². The monoisotopic (exact) mass is 987 g/mol. The van der Waals surface area contributed by atoms with Gasteiger partial charge in [0.05, 0.1) is 22.3 Å². The van der Waals surface area contributed by atoms with E-state index < -0.39 is 24.5 Å². The normalized spacial score (nSPS) is 14.0. The summed E-state index contributed by atoms with van der Waals surface area (Å²) >= 11 is 0. The molecule has 5 heteroatoms. The molecule has 0 aliphatic heterocycles. The molecule has 0 aliphatic rings. The molecule has 0 aliphatic carbocycles. The molecule has 4 nitrogen and oxygen atoms in total. The molecule has 0 saturated carbocycles. The Kier molecular flexibility index (Phi) is 10.3. The van der Waals surface area contributed by atoms with E-state index >= 15 is 0 Å². The number of nitrogens with zero attached hydrogens (tertiary/aromatic N) is 3. The Balaban J connectivity index is 0.00000666. The maximum atomic E-state index is 11.4. The third kappa shape index (κ3) is 8.53. The van der Waals surface area contributed by atoms with E-state index in [1.165, 1.54) is 0 Å². The fourth-order valence-corrected chi connectivity index (χ4v) is 8.03. The first kappa shape index (κ1) is 36.1. The number of aromatic hydroxyl groups is 1. The zero-order chi connectivity index (χ0) is 47.7. The summed E-state index contributed by atoms with van der Waals surface area (Å²) < 4.78 is 55.4. The molecular formula is C56H56N3OPt-. The minimum absolute atomic E-state index is 0. The fourth-order valence-electron chi connectivity index (χ4n) is 8.03. The number of fused-ring (bicyclic) bond motifs is 1. The van der Waals surface area contributed by atoms with Gasteiger partial charge in [-0.05, 0) is 111 Å². The summed E-state index contributed by atoms with van der Waals surface area (Å²) in [5.41, 5.74) is 11.5. The van der Waals surface area contributed by atoms with Crippen molar-refractivity contribution < 1.29 is 34.4 Å². The number of para-hydroxylation sites is 2. The van der Waals surface area contributed by atoms with E-state index in [4.69, 9.17) is 18.2 Å². The van der Waals surface area contributed by atoms with Gasteiger partial charge in [0.15, 0.2) is 0 Å². The van der Waals surface area contributed by atoms with Crippen molar-refractivity contribution in [3.05, 3.63) is 167 Å². The second-order valence-electron chi connectivity index (χ2n) is 17.4. The van der Waals surface area contributed by atoms with Gasteiger partial charge in [-0.25, -0.2) is 4.98 Å². The molecule has 0 unspecified atom stereocenters. The SMILES string of the molecule is [2H]C([2H])([2H])c1cc(-c2c(C([2H])(C)C)cccc2C([2H])(C)C)ccc1-n1c(-c2ccccc2O)nc2c(-c3[c-]c(-c4cc(-c5ccc(C([2H])(C)C)cc5)ccn4)cc(C(C)(C)C)c3)cccc21.[Pt]. The first-order chi connectivity index (χ1) is 30.8. The Morgan fingerprint density at radius 2 is 1.33 bits per heavy atom. The van der Waals surface area contributed by atoms with Crippen LogP contribution in [-0.4, -0.2) is 19.6 Å². The number of phenols is 1. The third-order valence-corrected chi connectivity index (χ3v) is 11.4. The van der Waals surface area contributed by atoms with Crippen LogP contribution in [0, 0.1) is 12.9 Å². The number of aryl methyl sites for hydroxylation is 1. The summed E-state index contributed by atoms with van der Waals surface area (Å²) in [7, 11) is 0. The Hall–Kier alpha value is -5.57. The Bertz CT molecular complexity index is 3100. The predicted octanol–water partition coefficient (Wildman–Crippen LogP) is 15.2. The quantitative estimate of drug-likeness (QED) is 0.147. The summed E-state index contributed by atoms with van der Waals surface area (Å²) in [6.45, 7) is 14.8. The number of imidazole rings is 1. The van der Waals surface area contributed by atoms with Gasteiger partial charge in [0.1, 0.15) is 11.6 Å². The van der Waals surface area contributed by atoms with Gasteiger partial charge in [0, 0.05) is 41.2 Å². The second-order valence-corrected chi connectivity index (χ2v) is 17.4. The van der Waals surface area contributed by atoms with Crippen LogP contribution in [-0.2, 0) is 26.5 Å². The van der Waals surface area contributed by atoms with Gasteiger partial charge in [-0.3, -0.25) is 9.55 Å². The van der Waals surface area contributed by atoms with Crippen molar-refractivity contribution in [3.63, 3.8) is 0 Å². The maximum Gasteiger partial charge on any atom is 0.148 e. The summed E-state index contributed by atoms with van der Waals surface area (Å²) in [6.07, 6.45) is 1.81. The number of benzene rings is 6. The molecule has 0 spiro atoms. The third-order valence-electron chi connectivity index (χ3n) is 11.4. The molecular weight excluding hydrogens is 926 g/mol. The molecule has 1 N–H and O–H groups in total. The fraction of sp³-hybridized carbons (Fsp3) is 0.250. The molecule has 0 radical (unpaired) electrons. The molecule has 0 atom stereocenters. The van der Waals surface area contributed by atoms with E-state index in [1.807, 2.05) is 97.3 Å². The van der Waals surface area contributed by atoms with Crippen LogP contribution in [0.15, 0.2) is 134 Å². The zero-order valence-electron chi connectivity index (χ0n) is 42.3. The summed E-state index contributed by atoms with van der Waals surface area (Å²) in [6, 6.07) is 43.8. The van der Waals surface area contributed by atoms with Gasteiger partial charge >= 0.3 is 0 Å². The van der Waals surface area contributed by atoms with Crippen molar-refractivity contribution in [2.45, 2.75) is 92.3 Å². The summed E-state index contributed by atoms with van der Waals surface area (Å²) in [4.78, 5) is 10.1. The van der Waals surface area contributed by atoms with Gasteiger partial charge in [0.25, 0.3) is 0 Å². The number of rotatable bonds is 9. The Labute approximate surface area is 385 Å². The van der Waals surface area contributed by atoms with Crippen molar-refractivity contribution >= 4 is 11.0 Å². The van der Waals surface area contributed by atoms with Crippen molar-refractivity contribution in [1.82, 2.24) is 14.5 Å². The van der Waals surface area contributed by atoms with Crippen LogP contribution in [0.25, 0.3) is 72.7 Å². The van der Waals surface area contributed by atoms with Gasteiger partial charge in [-0.15, -0.1) is 29.3 Å². The van der Waals surface area contributed by atoms with Crippen molar-refractivity contribution in [1.29, 1.82) is 0 Å². The molecule has 0 fully saturated rings. The van der Waals surface area contributed by atoms with E-state index in [9.17, 15) is 5.11 Å². The van der Waals surface area contributed by atoms with Crippen molar-refractivity contribution in [3.8, 4) is 67.5 Å². The van der Waals surface area contributed by atoms with Crippen LogP contribution < -0.4 is 0 Å². The summed E-state index contributed by atoms with van der Waals surface area (Å²) in [5.74, 6) is -2.45. The predicted molar refractivity (Wildman–Crippen MR) is 252 cm³/mol. The van der Waals surface area contributed by atoms with Crippen LogP contribution in [0.4, 0.5) is 0 Å². The molecule has 6 aromatic carbocycles. The number of hydrogen-bond donors (Lipinski definition) is 1. The second kappa shape index (κ2) is 17.4. The van der Waals surface area contributed by atoms with Gasteiger partial charge in [-0.2, -0.15) is 0 Å². The largest absolute Gasteiger partial charge is 0.507 e. The number of hydrogen-bond acceptors (Lipinski definition) is 3. The standard InChI is InChI=1S/C56H56N3O.Pt/c1-34(2)38-21-23-39(24-22-38)40-27-28-57-49(33-40)43-30-42(31-44(32-43)56(8,9)10)47-18-14-19-51-54(47)58-55(48-15-11-12-20-52(48)60)59(51)50-26-25-41(29-37(50)7)53-45(35(3)4)16-13-17-46(53)36(5)6;/h11-29,31-36,60H,1-10H3;/q-1;/i7D3,34D,35D,36D;. The van der Waals surface area contributed by atoms with E-state index in [0.29, 0.717) is 50.4 Å². The molecule has 312 valence electrons. The number of pyridine rings is 1. The van der Waals surface area contributed by atoms with E-state index in [2.05, 4.69) is 45.0 Å². The van der Waals surface area contributed by atoms with Crippen molar-refractivity contribution in [2.75, 3.05) is 0 Å². The molecule has 0 bridgehead atoms. The Morgan fingerprint density at radius 1 is 0.672 bits per heavy atom. The molecule has 8 rings (SSSR count). The van der Waals surface area contributed by atoms with E-state index in [0.717, 1.165) is 44.6 Å². The first-order valence-corrected chi connectivity index (χ1v) is 20.6. The molecule has 0 amide bonds. The van der Waals surface area contributed by atoms with Crippen molar-refractivity contribution in [2.24, 2.45) is 0 Å². The molecule has 8 aromatic rings. The summed E-state index contributed by atoms with van der Waals surface area (Å²) in [5, 5.41) is 11.4. The average molecular weight is 988 g/mol. The number of phenolic OH excluding ortho intramolecular Hbond substituents is 1. The average Bonchev–Trinajstić information content (AvgIpc) is 3.64. The topological polar surface area (TPSA) is 50.9 Å². The van der Waals surface area contributed by atoms with Gasteiger partial charge in [0.2, 0.25) is 0 Å². The molecule has 2 heterocycles. The van der Waals surface area contributed by atoms with E-state index in [-0.39, 0.29) is 37.8 Å². The zero-order valence-corrected chi connectivity index (χ0v) is 38.6. The van der Waals surface area contributed by atoms with Crippen LogP contribution in [0.1, 0.15) is 116 Å². The van der Waals surface area contributed by atoms with Crippen LogP contribution in [0.2, 0.25) is 0 Å². The maximum absolute atomic E-state index is 11.4. The van der Waals surface area contributed by atoms with Gasteiger partial charge < -0.3 is 5.11 Å². The molecule has 0 saturated heterocycles. The minimum Gasteiger partial charge on any atom is -0.507 e. The first-order valence-electron chi connectivity index (χ1n) is 23.6. The smallest absolute Gasteiger partial charge is 0.148 e. The van der Waals surface area contributed by atoms with E-state index in [1.54, 1.807) is 64.2 Å². The van der Waals surface area contributed by atoms with Crippen LogP contribution in [0.3, 0.4) is 0 Å².